The zero-order chi connectivity index (χ0) is 11.9. The molecule has 0 amide bonds. The van der Waals surface area contributed by atoms with Gasteiger partial charge in [0.05, 0.1) is 0 Å². The van der Waals surface area contributed by atoms with E-state index in [9.17, 15) is 0 Å². The van der Waals surface area contributed by atoms with Crippen LogP contribution in [0.2, 0.25) is 0 Å². The molecule has 84 valence electrons. The molecule has 0 saturated carbocycles. The number of rotatable bonds is 5. The molecule has 0 aromatic carbocycles. The molecule has 0 N–H and O–H groups in total. The summed E-state index contributed by atoms with van der Waals surface area (Å²) in [5.74, 6) is 4.99. The van der Waals surface area contributed by atoms with Gasteiger partial charge in [-0.3, -0.25) is 0 Å². The normalized spacial score (nSPS) is 14.5. The fourth-order valence-corrected chi connectivity index (χ4v) is 1.37. The van der Waals surface area contributed by atoms with E-state index >= 15 is 0 Å². The Bertz CT molecular complexity index is 241. The first-order valence-corrected chi connectivity index (χ1v) is 5.79. The summed E-state index contributed by atoms with van der Waals surface area (Å²) >= 11 is 0. The predicted octanol–water partition coefficient (Wildman–Crippen LogP) is 4.05. The fourth-order valence-electron chi connectivity index (χ4n) is 1.37. The third-order valence-corrected chi connectivity index (χ3v) is 2.09. The molecule has 0 heterocycles. The minimum absolute atomic E-state index is 0.396. The molecular formula is C14H25B. The first kappa shape index (κ1) is 14.4. The first-order chi connectivity index (χ1) is 6.81. The average Bonchev–Trinajstić information content (AvgIpc) is 1.99. The van der Waals surface area contributed by atoms with Gasteiger partial charge >= 0.3 is 95.9 Å². The molecule has 0 spiro atoms. The summed E-state index contributed by atoms with van der Waals surface area (Å²) in [7, 11) is 0. The second-order valence-electron chi connectivity index (χ2n) is 5.72. The van der Waals surface area contributed by atoms with Crippen LogP contribution in [0.15, 0.2) is 24.2 Å². The number of hydrogen-bond donors (Lipinski definition) is 0. The van der Waals surface area contributed by atoms with E-state index in [0.717, 1.165) is 12.8 Å². The minimum atomic E-state index is 0.396. The molecule has 0 saturated heterocycles. The van der Waals surface area contributed by atoms with Crippen LogP contribution in [-0.4, -0.2) is 12.9 Å². The van der Waals surface area contributed by atoms with Crippen LogP contribution in [0.1, 0.15) is 47.5 Å². The van der Waals surface area contributed by atoms with Gasteiger partial charge in [-0.15, -0.1) is 0 Å². The molecular weight excluding hydrogens is 179 g/mol. The van der Waals surface area contributed by atoms with Crippen molar-refractivity contribution < 1.29 is 0 Å². The second-order valence-corrected chi connectivity index (χ2v) is 5.72. The maximum atomic E-state index is 3.92. The van der Waals surface area contributed by atoms with E-state index in [1.165, 1.54) is 5.57 Å². The molecule has 0 rings (SSSR count). The van der Waals surface area contributed by atoms with Crippen LogP contribution < -0.4 is 0 Å². The molecule has 1 heteroatoms. The summed E-state index contributed by atoms with van der Waals surface area (Å²) in [6, 6.07) is 0. The quantitative estimate of drug-likeness (QED) is 0.468. The van der Waals surface area contributed by atoms with Crippen molar-refractivity contribution in [2.45, 2.75) is 47.5 Å². The molecule has 0 aliphatic heterocycles. The van der Waals surface area contributed by atoms with Crippen molar-refractivity contribution in [2.24, 2.45) is 11.3 Å². The summed E-state index contributed by atoms with van der Waals surface area (Å²) in [5, 5.41) is 0. The summed E-state index contributed by atoms with van der Waals surface area (Å²) in [6.45, 7) is 17.1. The SMILES string of the molecule is C=C(C)CC(C)/C=C\B=CCC(C)(C)C. The molecule has 0 fully saturated rings. The van der Waals surface area contributed by atoms with Crippen molar-refractivity contribution in [3.63, 3.8) is 0 Å². The second kappa shape index (κ2) is 6.82. The van der Waals surface area contributed by atoms with Gasteiger partial charge in [-0.2, -0.15) is 0 Å². The third-order valence-electron chi connectivity index (χ3n) is 2.09. The van der Waals surface area contributed by atoms with Crippen LogP contribution in [0.5, 0.6) is 0 Å². The van der Waals surface area contributed by atoms with Gasteiger partial charge in [0.1, 0.15) is 0 Å². The van der Waals surface area contributed by atoms with Gasteiger partial charge in [0.25, 0.3) is 0 Å². The number of allylic oxidation sites excluding steroid dienone is 2. The summed E-state index contributed by atoms with van der Waals surface area (Å²) < 4.78 is 0. The topological polar surface area (TPSA) is 0 Å². The standard InChI is InChI=1S/C14H25B/c1-12(2)11-13(3)7-9-15-10-8-14(4,5)6/h7,9-10,13H,1,8,11H2,2-6H3/b9-7-. The Morgan fingerprint density at radius 3 is 2.47 bits per heavy atom. The van der Waals surface area contributed by atoms with Crippen molar-refractivity contribution in [3.8, 4) is 0 Å². The molecule has 0 nitrogen and oxygen atoms in total. The Kier molecular flexibility index (Phi) is 6.55. The maximum absolute atomic E-state index is 3.92. The molecule has 0 radical (unpaired) electrons. The molecule has 0 bridgehead atoms. The van der Waals surface area contributed by atoms with Gasteiger partial charge in [0.2, 0.25) is 0 Å². The molecule has 15 heavy (non-hydrogen) atoms. The van der Waals surface area contributed by atoms with Gasteiger partial charge in [-0.25, -0.2) is 0 Å². The van der Waals surface area contributed by atoms with E-state index in [0.29, 0.717) is 11.3 Å². The van der Waals surface area contributed by atoms with Crippen LogP contribution in [0.25, 0.3) is 0 Å². The van der Waals surface area contributed by atoms with Crippen LogP contribution in [-0.2, 0) is 0 Å². The van der Waals surface area contributed by atoms with Crippen molar-refractivity contribution in [2.75, 3.05) is 0 Å². The summed E-state index contributed by atoms with van der Waals surface area (Å²) in [5.41, 5.74) is 1.65. The zero-order valence-corrected chi connectivity index (χ0v) is 11.0. The summed E-state index contributed by atoms with van der Waals surface area (Å²) in [6.07, 6.45) is 4.46. The van der Waals surface area contributed by atoms with Crippen LogP contribution in [0.4, 0.5) is 0 Å². The number of hydrogen-bond acceptors (Lipinski definition) is 0. The Hall–Kier alpha value is -0.585. The van der Waals surface area contributed by atoms with Crippen LogP contribution in [0, 0.1) is 11.3 Å². The van der Waals surface area contributed by atoms with Gasteiger partial charge in [-0.1, -0.05) is 0 Å². The van der Waals surface area contributed by atoms with Gasteiger partial charge < -0.3 is 0 Å². The Labute approximate surface area is 96.4 Å². The Morgan fingerprint density at radius 1 is 1.40 bits per heavy atom. The third kappa shape index (κ3) is 11.3. The van der Waals surface area contributed by atoms with Gasteiger partial charge in [-0.05, 0) is 0 Å². The van der Waals surface area contributed by atoms with E-state index in [1.807, 2.05) is 0 Å². The molecule has 0 aliphatic rings. The van der Waals surface area contributed by atoms with Crippen LogP contribution >= 0.6 is 0 Å². The van der Waals surface area contributed by atoms with Crippen molar-refractivity contribution in [3.05, 3.63) is 24.2 Å². The Balaban J connectivity index is 3.84. The van der Waals surface area contributed by atoms with E-state index in [2.05, 4.69) is 66.1 Å². The van der Waals surface area contributed by atoms with Gasteiger partial charge in [0.15, 0.2) is 0 Å². The van der Waals surface area contributed by atoms with Gasteiger partial charge in [0, 0.05) is 0 Å². The predicted molar refractivity (Wildman–Crippen MR) is 73.6 cm³/mol. The van der Waals surface area contributed by atoms with E-state index < -0.39 is 0 Å². The molecule has 1 unspecified atom stereocenters. The van der Waals surface area contributed by atoms with E-state index in [1.54, 1.807) is 0 Å². The summed E-state index contributed by atoms with van der Waals surface area (Å²) in [4.78, 5) is 0. The molecule has 0 aliphatic carbocycles. The fraction of sp³-hybridized carbons (Fsp3) is 0.643. The first-order valence-electron chi connectivity index (χ1n) is 5.79. The van der Waals surface area contributed by atoms with Crippen molar-refractivity contribution in [1.29, 1.82) is 0 Å². The van der Waals surface area contributed by atoms with Crippen LogP contribution in [0.3, 0.4) is 0 Å². The molecule has 0 aromatic rings. The zero-order valence-electron chi connectivity index (χ0n) is 11.0. The van der Waals surface area contributed by atoms with Crippen molar-refractivity contribution in [1.82, 2.24) is 0 Å². The Morgan fingerprint density at radius 2 is 2.00 bits per heavy atom. The average molecular weight is 204 g/mol. The monoisotopic (exact) mass is 204 g/mol. The molecule has 0 aromatic heterocycles. The van der Waals surface area contributed by atoms with Crippen molar-refractivity contribution >= 4 is 12.9 Å². The van der Waals surface area contributed by atoms with E-state index in [-0.39, 0.29) is 0 Å². The molecule has 1 atom stereocenters. The van der Waals surface area contributed by atoms with E-state index in [4.69, 9.17) is 0 Å².